The lowest BCUT2D eigenvalue weighted by molar-refractivity contribution is -0.131. The van der Waals surface area contributed by atoms with E-state index < -0.39 is 6.04 Å². The zero-order chi connectivity index (χ0) is 11.4. The fourth-order valence-corrected chi connectivity index (χ4v) is 1.73. The molecule has 0 N–H and O–H groups in total. The van der Waals surface area contributed by atoms with Crippen LogP contribution in [0.3, 0.4) is 0 Å². The van der Waals surface area contributed by atoms with Crippen LogP contribution in [0.25, 0.3) is 0 Å². The fourth-order valence-electron chi connectivity index (χ4n) is 1.73. The Bertz CT molecular complexity index is 296. The highest BCUT2D eigenvalue weighted by Gasteiger charge is 2.34. The van der Waals surface area contributed by atoms with Gasteiger partial charge in [0, 0.05) is 12.5 Å². The van der Waals surface area contributed by atoms with Gasteiger partial charge in [-0.15, -0.1) is 0 Å². The summed E-state index contributed by atoms with van der Waals surface area (Å²) in [5.74, 6) is -0.267. The Hall–Kier alpha value is -1.41. The number of hydrogen-bond acceptors (Lipinski definition) is 4. The van der Waals surface area contributed by atoms with Gasteiger partial charge in [-0.25, -0.2) is 0 Å². The van der Waals surface area contributed by atoms with Crippen LogP contribution in [0.4, 0.5) is 0 Å². The Morgan fingerprint density at radius 1 is 1.67 bits per heavy atom. The summed E-state index contributed by atoms with van der Waals surface area (Å²) < 4.78 is 0. The third-order valence-electron chi connectivity index (χ3n) is 2.45. The first kappa shape index (κ1) is 11.7. The predicted octanol–water partition coefficient (Wildman–Crippen LogP) is -0.512. The van der Waals surface area contributed by atoms with Gasteiger partial charge in [-0.05, 0) is 20.5 Å². The van der Waals surface area contributed by atoms with E-state index in [4.69, 9.17) is 5.26 Å². The summed E-state index contributed by atoms with van der Waals surface area (Å²) >= 11 is 0. The van der Waals surface area contributed by atoms with Crippen LogP contribution in [0.5, 0.6) is 0 Å². The molecular weight excluding hydrogens is 194 g/mol. The fraction of sp³-hybridized carbons (Fsp3) is 0.700. The second kappa shape index (κ2) is 4.89. The molecule has 2 unspecified atom stereocenters. The number of likely N-dealkylation sites (N-methyl/N-ethyl adjacent to an activating group) is 1. The van der Waals surface area contributed by atoms with Gasteiger partial charge in [0.1, 0.15) is 12.3 Å². The number of nitriles is 1. The highest BCUT2D eigenvalue weighted by Crippen LogP contribution is 2.21. The lowest BCUT2D eigenvalue weighted by atomic mass is 10.1. The first-order valence-corrected chi connectivity index (χ1v) is 4.87. The van der Waals surface area contributed by atoms with Crippen LogP contribution < -0.4 is 0 Å². The van der Waals surface area contributed by atoms with E-state index in [2.05, 4.69) is 6.07 Å². The van der Waals surface area contributed by atoms with Crippen molar-refractivity contribution in [2.45, 2.75) is 12.5 Å². The summed E-state index contributed by atoms with van der Waals surface area (Å²) in [6.07, 6.45) is 1.30. The van der Waals surface area contributed by atoms with Gasteiger partial charge in [-0.3, -0.25) is 4.79 Å². The molecule has 0 spiro atoms. The van der Waals surface area contributed by atoms with Crippen molar-refractivity contribution in [1.29, 1.82) is 5.26 Å². The van der Waals surface area contributed by atoms with Crippen molar-refractivity contribution in [3.63, 3.8) is 0 Å². The predicted molar refractivity (Wildman–Crippen MR) is 53.8 cm³/mol. The Kier molecular flexibility index (Phi) is 3.81. The second-order valence-electron chi connectivity index (χ2n) is 4.06. The summed E-state index contributed by atoms with van der Waals surface area (Å²) in [7, 11) is 3.60. The molecule has 0 aromatic heterocycles. The van der Waals surface area contributed by atoms with Crippen molar-refractivity contribution < 1.29 is 9.59 Å². The van der Waals surface area contributed by atoms with Gasteiger partial charge in [0.15, 0.2) is 0 Å². The first-order chi connectivity index (χ1) is 7.08. The zero-order valence-corrected chi connectivity index (χ0v) is 9.01. The van der Waals surface area contributed by atoms with Crippen molar-refractivity contribution in [2.75, 3.05) is 27.2 Å². The standard InChI is InChI=1S/C10H15N3O2/c1-12(2)6-10(15)13-5-8(7-14)3-9(13)4-11/h7-9H,3,5-6H2,1-2H3. The summed E-state index contributed by atoms with van der Waals surface area (Å²) in [5, 5.41) is 8.86. The Labute approximate surface area is 89.3 Å². The lowest BCUT2D eigenvalue weighted by Crippen LogP contribution is -2.40. The average Bonchev–Trinajstić information content (AvgIpc) is 2.59. The van der Waals surface area contributed by atoms with E-state index in [-0.39, 0.29) is 18.4 Å². The molecule has 82 valence electrons. The van der Waals surface area contributed by atoms with Crippen LogP contribution >= 0.6 is 0 Å². The molecule has 15 heavy (non-hydrogen) atoms. The van der Waals surface area contributed by atoms with Gasteiger partial charge in [-0.2, -0.15) is 5.26 Å². The highest BCUT2D eigenvalue weighted by molar-refractivity contribution is 5.80. The molecular formula is C10H15N3O2. The Balaban J connectivity index is 2.64. The minimum absolute atomic E-state index is 0.0871. The molecule has 0 aliphatic carbocycles. The van der Waals surface area contributed by atoms with Gasteiger partial charge in [-0.1, -0.05) is 0 Å². The van der Waals surface area contributed by atoms with Crippen LogP contribution in [-0.4, -0.2) is 55.2 Å². The number of carbonyl (C=O) groups excluding carboxylic acids is 2. The van der Waals surface area contributed by atoms with Gasteiger partial charge >= 0.3 is 0 Å². The van der Waals surface area contributed by atoms with Crippen molar-refractivity contribution in [3.8, 4) is 6.07 Å². The Morgan fingerprint density at radius 2 is 2.33 bits per heavy atom. The smallest absolute Gasteiger partial charge is 0.237 e. The number of carbonyl (C=O) groups is 2. The first-order valence-electron chi connectivity index (χ1n) is 4.87. The van der Waals surface area contributed by atoms with Gasteiger partial charge in [0.25, 0.3) is 0 Å². The molecule has 0 aromatic carbocycles. The van der Waals surface area contributed by atoms with Crippen molar-refractivity contribution in [1.82, 2.24) is 9.80 Å². The third kappa shape index (κ3) is 2.77. The average molecular weight is 209 g/mol. The highest BCUT2D eigenvalue weighted by atomic mass is 16.2. The van der Waals surface area contributed by atoms with Gasteiger partial charge in [0.2, 0.25) is 5.91 Å². The SMILES string of the molecule is CN(C)CC(=O)N1CC(C=O)CC1C#N. The van der Waals surface area contributed by atoms with E-state index in [0.717, 1.165) is 6.29 Å². The van der Waals surface area contributed by atoms with E-state index >= 15 is 0 Å². The second-order valence-corrected chi connectivity index (χ2v) is 4.06. The molecule has 2 atom stereocenters. The van der Waals surface area contributed by atoms with E-state index in [1.165, 1.54) is 4.90 Å². The number of nitrogens with zero attached hydrogens (tertiary/aromatic N) is 3. The minimum Gasteiger partial charge on any atom is -0.325 e. The van der Waals surface area contributed by atoms with Crippen LogP contribution in [0.15, 0.2) is 0 Å². The maximum Gasteiger partial charge on any atom is 0.237 e. The number of hydrogen-bond donors (Lipinski definition) is 0. The van der Waals surface area contributed by atoms with E-state index in [0.29, 0.717) is 13.0 Å². The van der Waals surface area contributed by atoms with E-state index in [1.807, 2.05) is 0 Å². The number of aldehydes is 1. The van der Waals surface area contributed by atoms with E-state index in [9.17, 15) is 9.59 Å². The van der Waals surface area contributed by atoms with E-state index in [1.54, 1.807) is 19.0 Å². The Morgan fingerprint density at radius 3 is 2.80 bits per heavy atom. The summed E-state index contributed by atoms with van der Waals surface area (Å²) in [4.78, 5) is 25.6. The number of amides is 1. The normalized spacial score (nSPS) is 25.3. The molecule has 0 bridgehead atoms. The maximum atomic E-state index is 11.7. The van der Waals surface area contributed by atoms with Crippen molar-refractivity contribution >= 4 is 12.2 Å². The molecule has 5 heteroatoms. The maximum absolute atomic E-state index is 11.7. The molecule has 0 aromatic rings. The minimum atomic E-state index is -0.437. The molecule has 1 aliphatic heterocycles. The summed E-state index contributed by atoms with van der Waals surface area (Å²) in [5.41, 5.74) is 0. The van der Waals surface area contributed by atoms with Gasteiger partial charge in [0.05, 0.1) is 12.6 Å². The number of likely N-dealkylation sites (tertiary alicyclic amines) is 1. The van der Waals surface area contributed by atoms with Crippen LogP contribution in [0.2, 0.25) is 0 Å². The van der Waals surface area contributed by atoms with Crippen LogP contribution in [0, 0.1) is 17.2 Å². The molecule has 0 saturated carbocycles. The lowest BCUT2D eigenvalue weighted by Gasteiger charge is -2.21. The molecule has 0 radical (unpaired) electrons. The molecule has 1 saturated heterocycles. The van der Waals surface area contributed by atoms with Crippen LogP contribution in [-0.2, 0) is 9.59 Å². The topological polar surface area (TPSA) is 64.4 Å². The van der Waals surface area contributed by atoms with Crippen molar-refractivity contribution in [3.05, 3.63) is 0 Å². The summed E-state index contributed by atoms with van der Waals surface area (Å²) in [6.45, 7) is 0.665. The molecule has 1 aliphatic rings. The third-order valence-corrected chi connectivity index (χ3v) is 2.45. The molecule has 1 heterocycles. The quantitative estimate of drug-likeness (QED) is 0.587. The van der Waals surface area contributed by atoms with Crippen molar-refractivity contribution in [2.24, 2.45) is 5.92 Å². The zero-order valence-electron chi connectivity index (χ0n) is 9.01. The molecule has 1 amide bonds. The van der Waals surface area contributed by atoms with Crippen LogP contribution in [0.1, 0.15) is 6.42 Å². The largest absolute Gasteiger partial charge is 0.325 e. The molecule has 1 fully saturated rings. The molecule has 5 nitrogen and oxygen atoms in total. The summed E-state index contributed by atoms with van der Waals surface area (Å²) in [6, 6.07) is 1.62. The number of rotatable bonds is 3. The molecule has 1 rings (SSSR count). The monoisotopic (exact) mass is 209 g/mol. The van der Waals surface area contributed by atoms with Gasteiger partial charge < -0.3 is 14.6 Å².